The molecule has 3 heteroatoms. The molecule has 0 N–H and O–H groups in total. The van der Waals surface area contributed by atoms with Crippen LogP contribution in [0.5, 0.6) is 0 Å². The van der Waals surface area contributed by atoms with Crippen LogP contribution in [0.15, 0.2) is 0 Å². The summed E-state index contributed by atoms with van der Waals surface area (Å²) in [7, 11) is 2.22. The summed E-state index contributed by atoms with van der Waals surface area (Å²) in [5.41, 5.74) is 0. The Labute approximate surface area is 87.4 Å². The predicted octanol–water partition coefficient (Wildman–Crippen LogP) is 0.391. The summed E-state index contributed by atoms with van der Waals surface area (Å²) in [6.07, 6.45) is 4.05. The highest BCUT2D eigenvalue weighted by atomic mass is 15.3. The van der Waals surface area contributed by atoms with E-state index in [9.17, 15) is 0 Å². The van der Waals surface area contributed by atoms with E-state index in [4.69, 9.17) is 0 Å². The van der Waals surface area contributed by atoms with Gasteiger partial charge in [-0.1, -0.05) is 6.42 Å². The molecule has 2 rings (SSSR count). The van der Waals surface area contributed by atoms with Gasteiger partial charge in [0, 0.05) is 45.3 Å². The molecule has 2 heterocycles. The Morgan fingerprint density at radius 1 is 1.07 bits per heavy atom. The number of hydrogen-bond donors (Lipinski definition) is 0. The number of piperazine rings is 1. The maximum atomic E-state index is 4.59. The van der Waals surface area contributed by atoms with Crippen molar-refractivity contribution in [1.29, 1.82) is 0 Å². The molecule has 0 saturated carbocycles. The summed E-state index contributed by atoms with van der Waals surface area (Å²) in [4.78, 5) is 5.07. The van der Waals surface area contributed by atoms with Crippen molar-refractivity contribution in [2.75, 3.05) is 46.3 Å². The zero-order valence-corrected chi connectivity index (χ0v) is 9.28. The Hall–Kier alpha value is -0.120. The minimum absolute atomic E-state index is 0.756. The Bertz CT molecular complexity index is 156. The van der Waals surface area contributed by atoms with E-state index >= 15 is 0 Å². The average molecular weight is 196 g/mol. The largest absolute Gasteiger partial charge is 0.304 e. The van der Waals surface area contributed by atoms with E-state index in [0.717, 1.165) is 19.1 Å². The molecule has 0 aromatic heterocycles. The van der Waals surface area contributed by atoms with Crippen molar-refractivity contribution in [1.82, 2.24) is 15.1 Å². The molecule has 0 aromatic rings. The maximum Gasteiger partial charge on any atom is 0.0289 e. The van der Waals surface area contributed by atoms with Gasteiger partial charge in [0.05, 0.1) is 0 Å². The van der Waals surface area contributed by atoms with Crippen LogP contribution in [-0.2, 0) is 0 Å². The van der Waals surface area contributed by atoms with Crippen molar-refractivity contribution in [2.24, 2.45) is 0 Å². The van der Waals surface area contributed by atoms with E-state index in [1.54, 1.807) is 0 Å². The van der Waals surface area contributed by atoms with Crippen LogP contribution in [-0.4, -0.2) is 62.2 Å². The molecule has 81 valence electrons. The first kappa shape index (κ1) is 10.4. The molecule has 2 fully saturated rings. The highest BCUT2D eigenvalue weighted by Gasteiger charge is 2.23. The van der Waals surface area contributed by atoms with Crippen LogP contribution in [0.1, 0.15) is 19.3 Å². The second-order valence-corrected chi connectivity index (χ2v) is 4.62. The molecular formula is C11H22N3. The first-order valence-corrected chi connectivity index (χ1v) is 5.92. The van der Waals surface area contributed by atoms with Gasteiger partial charge in [0.25, 0.3) is 0 Å². The molecule has 0 spiro atoms. The van der Waals surface area contributed by atoms with Crippen molar-refractivity contribution in [2.45, 2.75) is 25.3 Å². The molecule has 3 nitrogen and oxygen atoms in total. The van der Waals surface area contributed by atoms with Crippen molar-refractivity contribution in [3.63, 3.8) is 0 Å². The highest BCUT2D eigenvalue weighted by molar-refractivity contribution is 4.80. The normalized spacial score (nSPS) is 32.8. The average Bonchev–Trinajstić information content (AvgIpc) is 2.47. The van der Waals surface area contributed by atoms with Gasteiger partial charge in [-0.25, -0.2) is 5.32 Å². The fourth-order valence-electron chi connectivity index (χ4n) is 2.42. The lowest BCUT2D eigenvalue weighted by molar-refractivity contribution is 0.108. The van der Waals surface area contributed by atoms with Crippen LogP contribution in [0, 0.1) is 0 Å². The van der Waals surface area contributed by atoms with Gasteiger partial charge in [0.2, 0.25) is 0 Å². The number of likely N-dealkylation sites (N-methyl/N-ethyl adjacent to an activating group) is 1. The number of rotatable bonds is 1. The topological polar surface area (TPSA) is 20.6 Å². The van der Waals surface area contributed by atoms with E-state index in [0.29, 0.717) is 0 Å². The molecule has 1 radical (unpaired) electrons. The van der Waals surface area contributed by atoms with Crippen molar-refractivity contribution >= 4 is 0 Å². The van der Waals surface area contributed by atoms with E-state index in [1.165, 1.54) is 45.4 Å². The Morgan fingerprint density at radius 2 is 1.86 bits per heavy atom. The summed E-state index contributed by atoms with van der Waals surface area (Å²) >= 11 is 0. The van der Waals surface area contributed by atoms with Gasteiger partial charge in [0.1, 0.15) is 0 Å². The third-order valence-corrected chi connectivity index (χ3v) is 3.50. The predicted molar refractivity (Wildman–Crippen MR) is 58.6 cm³/mol. The van der Waals surface area contributed by atoms with Crippen LogP contribution < -0.4 is 5.32 Å². The fourth-order valence-corrected chi connectivity index (χ4v) is 2.42. The molecule has 14 heavy (non-hydrogen) atoms. The Morgan fingerprint density at radius 3 is 2.64 bits per heavy atom. The number of hydrogen-bond acceptors (Lipinski definition) is 2. The van der Waals surface area contributed by atoms with Crippen molar-refractivity contribution < 1.29 is 0 Å². The minimum Gasteiger partial charge on any atom is -0.304 e. The fraction of sp³-hybridized carbons (Fsp3) is 1.00. The maximum absolute atomic E-state index is 4.59. The van der Waals surface area contributed by atoms with Gasteiger partial charge < -0.3 is 4.90 Å². The monoisotopic (exact) mass is 196 g/mol. The van der Waals surface area contributed by atoms with Crippen LogP contribution in [0.25, 0.3) is 0 Å². The first-order chi connectivity index (χ1) is 6.86. The lowest BCUT2D eigenvalue weighted by atomic mass is 10.1. The van der Waals surface area contributed by atoms with Gasteiger partial charge in [-0.15, -0.1) is 0 Å². The molecule has 0 bridgehead atoms. The summed E-state index contributed by atoms with van der Waals surface area (Å²) in [5.74, 6) is 0. The molecule has 0 aliphatic carbocycles. The van der Waals surface area contributed by atoms with Crippen LogP contribution >= 0.6 is 0 Å². The van der Waals surface area contributed by atoms with Gasteiger partial charge in [-0.3, -0.25) is 4.90 Å². The lowest BCUT2D eigenvalue weighted by Crippen LogP contribution is -2.50. The SMILES string of the molecule is CN1CCN(C2CCCC[N]C2)CC1. The molecular weight excluding hydrogens is 174 g/mol. The Balaban J connectivity index is 1.81. The zero-order chi connectivity index (χ0) is 9.80. The quantitative estimate of drug-likeness (QED) is 0.605. The van der Waals surface area contributed by atoms with Gasteiger partial charge >= 0.3 is 0 Å². The third kappa shape index (κ3) is 2.69. The second-order valence-electron chi connectivity index (χ2n) is 4.62. The molecule has 2 aliphatic heterocycles. The van der Waals surface area contributed by atoms with Gasteiger partial charge in [-0.2, -0.15) is 0 Å². The van der Waals surface area contributed by atoms with E-state index < -0.39 is 0 Å². The molecule has 2 saturated heterocycles. The van der Waals surface area contributed by atoms with E-state index in [-0.39, 0.29) is 0 Å². The highest BCUT2D eigenvalue weighted by Crippen LogP contribution is 2.13. The van der Waals surface area contributed by atoms with Crippen molar-refractivity contribution in [3.05, 3.63) is 0 Å². The van der Waals surface area contributed by atoms with E-state index in [2.05, 4.69) is 22.2 Å². The van der Waals surface area contributed by atoms with Crippen LogP contribution in [0.3, 0.4) is 0 Å². The van der Waals surface area contributed by atoms with Crippen LogP contribution in [0.4, 0.5) is 0 Å². The van der Waals surface area contributed by atoms with Crippen LogP contribution in [0.2, 0.25) is 0 Å². The first-order valence-electron chi connectivity index (χ1n) is 5.92. The van der Waals surface area contributed by atoms with E-state index in [1.807, 2.05) is 0 Å². The summed E-state index contributed by atoms with van der Waals surface area (Å²) in [5, 5.41) is 4.59. The standard InChI is InChI=1S/C11H22N3/c1-13-6-8-14(9-7-13)11-4-2-3-5-12-10-11/h11H,2-10H2,1H3. The summed E-state index contributed by atoms with van der Waals surface area (Å²) < 4.78 is 0. The Kier molecular flexibility index (Phi) is 3.79. The third-order valence-electron chi connectivity index (χ3n) is 3.50. The smallest absolute Gasteiger partial charge is 0.0289 e. The molecule has 1 atom stereocenters. The molecule has 0 amide bonds. The minimum atomic E-state index is 0.756. The zero-order valence-electron chi connectivity index (χ0n) is 9.28. The molecule has 0 aromatic carbocycles. The van der Waals surface area contributed by atoms with Gasteiger partial charge in [-0.05, 0) is 19.9 Å². The number of nitrogens with zero attached hydrogens (tertiary/aromatic N) is 3. The molecule has 1 unspecified atom stereocenters. The lowest BCUT2D eigenvalue weighted by Gasteiger charge is -2.37. The second kappa shape index (κ2) is 5.10. The van der Waals surface area contributed by atoms with Crippen molar-refractivity contribution in [3.8, 4) is 0 Å². The molecule has 2 aliphatic rings. The summed E-state index contributed by atoms with van der Waals surface area (Å²) in [6, 6.07) is 0.756. The summed E-state index contributed by atoms with van der Waals surface area (Å²) in [6.45, 7) is 7.15. The van der Waals surface area contributed by atoms with Gasteiger partial charge in [0.15, 0.2) is 0 Å².